The lowest BCUT2D eigenvalue weighted by atomic mass is 9.78. The minimum absolute atomic E-state index is 0. The maximum absolute atomic E-state index is 5.86. The van der Waals surface area contributed by atoms with E-state index in [9.17, 15) is 0 Å². The van der Waals surface area contributed by atoms with Crippen molar-refractivity contribution < 1.29 is 4.74 Å². The molecule has 1 saturated carbocycles. The van der Waals surface area contributed by atoms with Crippen LogP contribution < -0.4 is 21.5 Å². The molecule has 0 radical (unpaired) electrons. The van der Waals surface area contributed by atoms with Gasteiger partial charge in [0.15, 0.2) is 0 Å². The molecule has 1 aromatic heterocycles. The lowest BCUT2D eigenvalue weighted by molar-refractivity contribution is 0.345. The van der Waals surface area contributed by atoms with Crippen LogP contribution in [-0.4, -0.2) is 29.7 Å². The fraction of sp³-hybridized carbons (Fsp3) is 0.444. The molecule has 0 bridgehead atoms. The lowest BCUT2D eigenvalue weighted by Crippen LogP contribution is -2.35. The number of nitrogen functional groups attached to an aromatic ring is 1. The molecule has 0 unspecified atom stereocenters. The molecule has 1 heterocycles. The average Bonchev–Trinajstić information content (AvgIpc) is 2.55. The summed E-state index contributed by atoms with van der Waals surface area (Å²) in [5.41, 5.74) is 13.9. The number of nitrogens with two attached hydrogens (primary N) is 2. The van der Waals surface area contributed by atoms with Crippen molar-refractivity contribution in [3.8, 4) is 5.75 Å². The molecule has 1 fully saturated rings. The van der Waals surface area contributed by atoms with E-state index in [0.29, 0.717) is 17.9 Å². The fourth-order valence-electron chi connectivity index (χ4n) is 3.09. The molecule has 8 heteroatoms. The smallest absolute Gasteiger partial charge is 0.222 e. The molecular formula is C18H27Cl2N5O. The van der Waals surface area contributed by atoms with Crippen LogP contribution in [0, 0.1) is 0 Å². The number of hydrogen-bond acceptors (Lipinski definition) is 6. The van der Waals surface area contributed by atoms with Gasteiger partial charge in [-0.2, -0.15) is 4.98 Å². The SMILES string of the molecule is COc1ccccc1CCCNc1cc(C2CC(N)C2)nc(N)n1.Cl.Cl. The molecule has 1 aliphatic carbocycles. The van der Waals surface area contributed by atoms with E-state index in [-0.39, 0.29) is 24.8 Å². The second kappa shape index (κ2) is 10.4. The van der Waals surface area contributed by atoms with Gasteiger partial charge in [0, 0.05) is 24.6 Å². The van der Waals surface area contributed by atoms with E-state index in [1.165, 1.54) is 5.56 Å². The molecule has 2 aromatic rings. The first kappa shape index (κ1) is 22.3. The van der Waals surface area contributed by atoms with Crippen LogP contribution in [0.5, 0.6) is 5.75 Å². The summed E-state index contributed by atoms with van der Waals surface area (Å²) in [6.07, 6.45) is 3.88. The number of anilines is 2. The van der Waals surface area contributed by atoms with Gasteiger partial charge in [-0.25, -0.2) is 4.98 Å². The van der Waals surface area contributed by atoms with Crippen molar-refractivity contribution in [2.24, 2.45) is 5.73 Å². The van der Waals surface area contributed by atoms with Crippen molar-refractivity contribution in [2.75, 3.05) is 24.7 Å². The molecule has 1 aromatic carbocycles. The molecule has 0 atom stereocenters. The Morgan fingerprint density at radius 2 is 1.92 bits per heavy atom. The summed E-state index contributed by atoms with van der Waals surface area (Å²) in [6.45, 7) is 0.818. The first-order valence-corrected chi connectivity index (χ1v) is 8.41. The second-order valence-electron chi connectivity index (χ2n) is 6.31. The van der Waals surface area contributed by atoms with Gasteiger partial charge in [-0.3, -0.25) is 0 Å². The summed E-state index contributed by atoms with van der Waals surface area (Å²) in [6, 6.07) is 10.4. The Bertz CT molecular complexity index is 695. The van der Waals surface area contributed by atoms with Crippen LogP contribution >= 0.6 is 24.8 Å². The van der Waals surface area contributed by atoms with Gasteiger partial charge in [0.25, 0.3) is 0 Å². The highest BCUT2D eigenvalue weighted by Crippen LogP contribution is 2.35. The Morgan fingerprint density at radius 1 is 1.19 bits per heavy atom. The summed E-state index contributed by atoms with van der Waals surface area (Å²) >= 11 is 0. The highest BCUT2D eigenvalue weighted by atomic mass is 35.5. The van der Waals surface area contributed by atoms with E-state index in [4.69, 9.17) is 16.2 Å². The van der Waals surface area contributed by atoms with E-state index in [1.54, 1.807) is 7.11 Å². The van der Waals surface area contributed by atoms with Crippen LogP contribution in [0.2, 0.25) is 0 Å². The van der Waals surface area contributed by atoms with Gasteiger partial charge in [-0.15, -0.1) is 24.8 Å². The zero-order valence-corrected chi connectivity index (χ0v) is 16.5. The van der Waals surface area contributed by atoms with E-state index in [0.717, 1.165) is 49.5 Å². The Balaban J connectivity index is 0.00000169. The number of ether oxygens (including phenoxy) is 1. The lowest BCUT2D eigenvalue weighted by Gasteiger charge is -2.32. The van der Waals surface area contributed by atoms with Gasteiger partial charge in [0.05, 0.1) is 12.8 Å². The predicted molar refractivity (Wildman–Crippen MR) is 111 cm³/mol. The van der Waals surface area contributed by atoms with E-state index < -0.39 is 0 Å². The molecule has 5 N–H and O–H groups in total. The maximum atomic E-state index is 5.86. The molecule has 144 valence electrons. The quantitative estimate of drug-likeness (QED) is 0.618. The molecule has 0 saturated heterocycles. The monoisotopic (exact) mass is 399 g/mol. The largest absolute Gasteiger partial charge is 0.496 e. The minimum atomic E-state index is 0. The van der Waals surface area contributed by atoms with Gasteiger partial charge >= 0.3 is 0 Å². The van der Waals surface area contributed by atoms with Gasteiger partial charge in [-0.05, 0) is 37.3 Å². The standard InChI is InChI=1S/C18H25N5O.2ClH/c1-24-16-7-3-2-5-12(16)6-4-8-21-17-11-15(22-18(20)23-17)13-9-14(19)10-13;;/h2-3,5,7,11,13-14H,4,6,8-10,19H2,1H3,(H3,20,21,22,23);2*1H. The topological polar surface area (TPSA) is 99.1 Å². The number of aryl methyl sites for hydroxylation is 1. The fourth-order valence-corrected chi connectivity index (χ4v) is 3.09. The van der Waals surface area contributed by atoms with Crippen LogP contribution in [0.1, 0.15) is 36.4 Å². The molecule has 26 heavy (non-hydrogen) atoms. The van der Waals surface area contributed by atoms with Crippen LogP contribution in [0.3, 0.4) is 0 Å². The van der Waals surface area contributed by atoms with Gasteiger partial charge in [0.2, 0.25) is 5.95 Å². The number of nitrogens with zero attached hydrogens (tertiary/aromatic N) is 2. The van der Waals surface area contributed by atoms with Crippen LogP contribution in [0.25, 0.3) is 0 Å². The van der Waals surface area contributed by atoms with Crippen molar-refractivity contribution >= 4 is 36.6 Å². The van der Waals surface area contributed by atoms with E-state index in [1.807, 2.05) is 24.3 Å². The van der Waals surface area contributed by atoms with Crippen molar-refractivity contribution in [3.05, 3.63) is 41.6 Å². The zero-order chi connectivity index (χ0) is 16.9. The number of nitrogens with one attached hydrogen (secondary N) is 1. The summed E-state index contributed by atoms with van der Waals surface area (Å²) in [5, 5.41) is 3.34. The van der Waals surface area contributed by atoms with Crippen LogP contribution in [-0.2, 0) is 6.42 Å². The highest BCUT2D eigenvalue weighted by Gasteiger charge is 2.29. The third-order valence-corrected chi connectivity index (χ3v) is 4.48. The Kier molecular flexibility index (Phi) is 8.92. The summed E-state index contributed by atoms with van der Waals surface area (Å²) in [4.78, 5) is 8.61. The number of hydrogen-bond donors (Lipinski definition) is 3. The maximum Gasteiger partial charge on any atom is 0.222 e. The number of benzene rings is 1. The third kappa shape index (κ3) is 5.62. The molecule has 0 aliphatic heterocycles. The molecule has 6 nitrogen and oxygen atoms in total. The molecule has 1 aliphatic rings. The Labute approximate surface area is 166 Å². The van der Waals surface area contributed by atoms with Crippen molar-refractivity contribution in [1.82, 2.24) is 9.97 Å². The number of rotatable bonds is 7. The number of methoxy groups -OCH3 is 1. The first-order valence-electron chi connectivity index (χ1n) is 8.41. The van der Waals surface area contributed by atoms with Crippen molar-refractivity contribution in [1.29, 1.82) is 0 Å². The Morgan fingerprint density at radius 3 is 2.62 bits per heavy atom. The summed E-state index contributed by atoms with van der Waals surface area (Å²) in [5.74, 6) is 2.46. The van der Waals surface area contributed by atoms with Crippen molar-refractivity contribution in [3.63, 3.8) is 0 Å². The van der Waals surface area contributed by atoms with Gasteiger partial charge < -0.3 is 21.5 Å². The average molecular weight is 400 g/mol. The predicted octanol–water partition coefficient (Wildman–Crippen LogP) is 3.16. The van der Waals surface area contributed by atoms with Gasteiger partial charge in [0.1, 0.15) is 11.6 Å². The molecule has 0 spiro atoms. The van der Waals surface area contributed by atoms with Crippen molar-refractivity contribution in [2.45, 2.75) is 37.6 Å². The number of halogens is 2. The minimum Gasteiger partial charge on any atom is -0.496 e. The van der Waals surface area contributed by atoms with Crippen LogP contribution in [0.4, 0.5) is 11.8 Å². The second-order valence-corrected chi connectivity index (χ2v) is 6.31. The Hall–Kier alpha value is -1.76. The number of para-hydroxylation sites is 1. The summed E-state index contributed by atoms with van der Waals surface area (Å²) < 4.78 is 5.38. The summed E-state index contributed by atoms with van der Waals surface area (Å²) in [7, 11) is 1.70. The molecule has 0 amide bonds. The molecule has 3 rings (SSSR count). The van der Waals surface area contributed by atoms with E-state index >= 15 is 0 Å². The van der Waals surface area contributed by atoms with E-state index in [2.05, 4.69) is 21.4 Å². The highest BCUT2D eigenvalue weighted by molar-refractivity contribution is 5.85. The molecular weight excluding hydrogens is 373 g/mol. The van der Waals surface area contributed by atoms with Gasteiger partial charge in [-0.1, -0.05) is 18.2 Å². The normalized spacial score (nSPS) is 18.1. The third-order valence-electron chi connectivity index (χ3n) is 4.48. The number of aromatic nitrogens is 2. The zero-order valence-electron chi connectivity index (χ0n) is 14.9. The first-order chi connectivity index (χ1) is 11.7. The van der Waals surface area contributed by atoms with Crippen LogP contribution in [0.15, 0.2) is 30.3 Å².